The third kappa shape index (κ3) is 5.06. The topological polar surface area (TPSA) is 27.0 Å². The molecule has 1 atom stereocenters. The van der Waals surface area contributed by atoms with E-state index >= 15 is 0 Å². The summed E-state index contributed by atoms with van der Waals surface area (Å²) in [4.78, 5) is 2.18. The van der Waals surface area contributed by atoms with Gasteiger partial charge >= 0.3 is 0 Å². The molecule has 0 aromatic heterocycles. The highest BCUT2D eigenvalue weighted by Crippen LogP contribution is 1.99. The molecule has 0 fully saturated rings. The lowest BCUT2D eigenvalue weighted by Gasteiger charge is -2.19. The summed E-state index contributed by atoms with van der Waals surface area (Å²) >= 11 is 5.67. The second-order valence-corrected chi connectivity index (χ2v) is 3.02. The molecule has 2 nitrogen and oxygen atoms in total. The average molecular weight is 175 g/mol. The van der Waals surface area contributed by atoms with E-state index in [4.69, 9.17) is 16.9 Å². The van der Waals surface area contributed by atoms with Crippen molar-refractivity contribution in [2.24, 2.45) is 0 Å². The normalized spacial score (nSPS) is 13.0. The highest BCUT2D eigenvalue weighted by atomic mass is 35.5. The summed E-state index contributed by atoms with van der Waals surface area (Å²) < 4.78 is 0. The van der Waals surface area contributed by atoms with E-state index < -0.39 is 0 Å². The van der Waals surface area contributed by atoms with Crippen molar-refractivity contribution < 1.29 is 0 Å². The van der Waals surface area contributed by atoms with Crippen molar-refractivity contribution in [2.75, 3.05) is 19.6 Å². The Labute approximate surface area is 73.7 Å². The lowest BCUT2D eigenvalue weighted by atomic mass is 10.3. The number of rotatable bonds is 5. The van der Waals surface area contributed by atoms with Gasteiger partial charge in [0.15, 0.2) is 0 Å². The second-order valence-electron chi connectivity index (χ2n) is 2.49. The number of halogens is 1. The molecule has 0 saturated carbocycles. The van der Waals surface area contributed by atoms with E-state index in [1.54, 1.807) is 0 Å². The Morgan fingerprint density at radius 2 is 2.18 bits per heavy atom. The van der Waals surface area contributed by atoms with Crippen LogP contribution >= 0.6 is 11.6 Å². The lowest BCUT2D eigenvalue weighted by Crippen LogP contribution is -2.30. The minimum Gasteiger partial charge on any atom is -0.301 e. The molecule has 0 heterocycles. The number of nitrogens with zero attached hydrogens (tertiary/aromatic N) is 2. The minimum atomic E-state index is -0.360. The Bertz CT molecular complexity index is 131. The third-order valence-corrected chi connectivity index (χ3v) is 1.78. The van der Waals surface area contributed by atoms with Crippen LogP contribution in [0.1, 0.15) is 20.3 Å². The molecule has 0 N–H and O–H groups in total. The van der Waals surface area contributed by atoms with Gasteiger partial charge in [0.05, 0.1) is 6.07 Å². The van der Waals surface area contributed by atoms with Gasteiger partial charge in [0.1, 0.15) is 5.38 Å². The first kappa shape index (κ1) is 10.7. The highest BCUT2D eigenvalue weighted by molar-refractivity contribution is 6.22. The molecule has 0 aliphatic carbocycles. The van der Waals surface area contributed by atoms with Crippen LogP contribution in [-0.4, -0.2) is 29.9 Å². The van der Waals surface area contributed by atoms with Crippen LogP contribution in [0.5, 0.6) is 0 Å². The number of nitriles is 1. The number of hydrogen-bond acceptors (Lipinski definition) is 2. The molecule has 0 bridgehead atoms. The maximum Gasteiger partial charge on any atom is 0.133 e. The molecule has 0 amide bonds. The number of alkyl halides is 1. The van der Waals surface area contributed by atoms with Crippen LogP contribution in [-0.2, 0) is 0 Å². The van der Waals surface area contributed by atoms with Crippen LogP contribution in [0.4, 0.5) is 0 Å². The van der Waals surface area contributed by atoms with Crippen LogP contribution in [0.15, 0.2) is 0 Å². The van der Waals surface area contributed by atoms with Gasteiger partial charge < -0.3 is 4.90 Å². The molecule has 0 aromatic carbocycles. The van der Waals surface area contributed by atoms with Crippen molar-refractivity contribution in [3.8, 4) is 6.07 Å². The van der Waals surface area contributed by atoms with Crippen molar-refractivity contribution in [1.82, 2.24) is 4.90 Å². The summed E-state index contributed by atoms with van der Waals surface area (Å²) in [5.41, 5.74) is 0. The molecular weight excluding hydrogens is 160 g/mol. The molecule has 11 heavy (non-hydrogen) atoms. The van der Waals surface area contributed by atoms with Gasteiger partial charge in [0.25, 0.3) is 0 Å². The van der Waals surface area contributed by atoms with Crippen molar-refractivity contribution in [3.05, 3.63) is 0 Å². The van der Waals surface area contributed by atoms with E-state index in [0.717, 1.165) is 19.5 Å². The summed E-state index contributed by atoms with van der Waals surface area (Å²) in [6.07, 6.45) is 1.11. The predicted octanol–water partition coefficient (Wildman–Crippen LogP) is 1.85. The van der Waals surface area contributed by atoms with Gasteiger partial charge in [0, 0.05) is 6.54 Å². The van der Waals surface area contributed by atoms with Gasteiger partial charge in [-0.15, -0.1) is 11.6 Å². The maximum atomic E-state index is 8.44. The molecule has 0 saturated heterocycles. The predicted molar refractivity (Wildman–Crippen MR) is 47.7 cm³/mol. The van der Waals surface area contributed by atoms with E-state index in [9.17, 15) is 0 Å². The van der Waals surface area contributed by atoms with E-state index in [2.05, 4.69) is 18.7 Å². The van der Waals surface area contributed by atoms with Gasteiger partial charge in [-0.25, -0.2) is 0 Å². The Morgan fingerprint density at radius 3 is 2.55 bits per heavy atom. The van der Waals surface area contributed by atoms with Gasteiger partial charge in [-0.3, -0.25) is 0 Å². The molecule has 0 aliphatic heterocycles. The van der Waals surface area contributed by atoms with Crippen molar-refractivity contribution in [2.45, 2.75) is 25.6 Å². The first-order valence-corrected chi connectivity index (χ1v) is 4.44. The molecule has 0 aromatic rings. The van der Waals surface area contributed by atoms with Crippen LogP contribution in [0.2, 0.25) is 0 Å². The van der Waals surface area contributed by atoms with E-state index in [1.165, 1.54) is 0 Å². The highest BCUT2D eigenvalue weighted by Gasteiger charge is 2.07. The van der Waals surface area contributed by atoms with Gasteiger partial charge in [-0.1, -0.05) is 13.8 Å². The van der Waals surface area contributed by atoms with Crippen LogP contribution in [0.3, 0.4) is 0 Å². The molecule has 1 unspecified atom stereocenters. The van der Waals surface area contributed by atoms with Crippen molar-refractivity contribution >= 4 is 11.6 Å². The molecular formula is C8H15ClN2. The van der Waals surface area contributed by atoms with E-state index in [1.807, 2.05) is 6.07 Å². The smallest absolute Gasteiger partial charge is 0.133 e. The van der Waals surface area contributed by atoms with E-state index in [0.29, 0.717) is 6.54 Å². The molecule has 0 radical (unpaired) electrons. The van der Waals surface area contributed by atoms with Gasteiger partial charge in [-0.05, 0) is 19.5 Å². The molecule has 64 valence electrons. The lowest BCUT2D eigenvalue weighted by molar-refractivity contribution is 0.297. The van der Waals surface area contributed by atoms with Crippen LogP contribution in [0.25, 0.3) is 0 Å². The zero-order valence-electron chi connectivity index (χ0n) is 7.18. The van der Waals surface area contributed by atoms with Crippen LogP contribution in [0, 0.1) is 11.3 Å². The molecule has 0 spiro atoms. The summed E-state index contributed by atoms with van der Waals surface area (Å²) in [7, 11) is 0. The van der Waals surface area contributed by atoms with Crippen molar-refractivity contribution in [1.29, 1.82) is 5.26 Å². The fraction of sp³-hybridized carbons (Fsp3) is 0.875. The zero-order valence-corrected chi connectivity index (χ0v) is 7.93. The summed E-state index contributed by atoms with van der Waals surface area (Å²) in [6.45, 7) is 6.89. The fourth-order valence-electron chi connectivity index (χ4n) is 0.962. The second kappa shape index (κ2) is 6.45. The Morgan fingerprint density at radius 1 is 1.55 bits per heavy atom. The largest absolute Gasteiger partial charge is 0.301 e. The Hall–Kier alpha value is -0.260. The average Bonchev–Trinajstić information content (AvgIpc) is 2.03. The number of hydrogen-bond donors (Lipinski definition) is 0. The zero-order chi connectivity index (χ0) is 8.69. The first-order chi connectivity index (χ1) is 5.24. The SMILES string of the molecule is CCCN(CC)CC(Cl)C#N. The molecule has 0 rings (SSSR count). The molecule has 0 aliphatic rings. The van der Waals surface area contributed by atoms with Gasteiger partial charge in [0.2, 0.25) is 0 Å². The Kier molecular flexibility index (Phi) is 6.30. The summed E-state index contributed by atoms with van der Waals surface area (Å²) in [6, 6.07) is 2.01. The minimum absolute atomic E-state index is 0.360. The van der Waals surface area contributed by atoms with Crippen molar-refractivity contribution in [3.63, 3.8) is 0 Å². The van der Waals surface area contributed by atoms with Gasteiger partial charge in [-0.2, -0.15) is 5.26 Å². The maximum absolute atomic E-state index is 8.44. The molecule has 3 heteroatoms. The fourth-order valence-corrected chi connectivity index (χ4v) is 1.16. The summed E-state index contributed by atoms with van der Waals surface area (Å²) in [5, 5.41) is 8.08. The monoisotopic (exact) mass is 174 g/mol. The Balaban J connectivity index is 3.60. The van der Waals surface area contributed by atoms with E-state index in [-0.39, 0.29) is 5.38 Å². The third-order valence-electron chi connectivity index (χ3n) is 1.55. The first-order valence-electron chi connectivity index (χ1n) is 4.00. The van der Waals surface area contributed by atoms with Crippen LogP contribution < -0.4 is 0 Å². The quantitative estimate of drug-likeness (QED) is 0.595. The summed E-state index contributed by atoms with van der Waals surface area (Å²) in [5.74, 6) is 0. The standard InChI is InChI=1S/C8H15ClN2/c1-3-5-11(4-2)7-8(9)6-10/h8H,3-5,7H2,1-2H3.